The molecule has 4 heteroatoms. The van der Waals surface area contributed by atoms with Crippen molar-refractivity contribution >= 4 is 11.2 Å². The zero-order valence-corrected chi connectivity index (χ0v) is 13.4. The van der Waals surface area contributed by atoms with E-state index in [1.54, 1.807) is 0 Å². The van der Waals surface area contributed by atoms with Crippen LogP contribution in [-0.2, 0) is 12.8 Å². The lowest BCUT2D eigenvalue weighted by Gasteiger charge is -2.09. The first-order chi connectivity index (χ1) is 10.6. The van der Waals surface area contributed by atoms with Crippen LogP contribution >= 0.6 is 0 Å². The molecule has 0 fully saturated rings. The van der Waals surface area contributed by atoms with Gasteiger partial charge in [-0.2, -0.15) is 0 Å². The number of nitrogens with two attached hydrogens (primary N) is 1. The molecular formula is C18H22N4. The van der Waals surface area contributed by atoms with Crippen LogP contribution in [0.1, 0.15) is 29.6 Å². The van der Waals surface area contributed by atoms with Gasteiger partial charge in [0.2, 0.25) is 0 Å². The molecule has 114 valence electrons. The third-order valence-electron chi connectivity index (χ3n) is 4.09. The first-order valence-corrected chi connectivity index (χ1v) is 7.79. The van der Waals surface area contributed by atoms with Crippen LogP contribution < -0.4 is 5.73 Å². The van der Waals surface area contributed by atoms with Crippen molar-refractivity contribution in [2.24, 2.45) is 5.73 Å². The number of hydrogen-bond acceptors (Lipinski definition) is 3. The van der Waals surface area contributed by atoms with E-state index in [9.17, 15) is 0 Å². The molecule has 0 aliphatic rings. The zero-order chi connectivity index (χ0) is 15.7. The third-order valence-corrected chi connectivity index (χ3v) is 4.09. The number of aryl methyl sites for hydroxylation is 3. The Labute approximate surface area is 131 Å². The van der Waals surface area contributed by atoms with Crippen LogP contribution in [0.3, 0.4) is 0 Å². The fourth-order valence-corrected chi connectivity index (χ4v) is 2.72. The fraction of sp³-hybridized carbons (Fsp3) is 0.333. The summed E-state index contributed by atoms with van der Waals surface area (Å²) < 4.78 is 2.16. The van der Waals surface area contributed by atoms with Crippen molar-refractivity contribution in [2.75, 3.05) is 6.54 Å². The first kappa shape index (κ1) is 14.7. The zero-order valence-electron chi connectivity index (χ0n) is 13.4. The summed E-state index contributed by atoms with van der Waals surface area (Å²) in [7, 11) is 0. The molecule has 3 rings (SSSR count). The predicted octanol–water partition coefficient (Wildman–Crippen LogP) is 3.10. The van der Waals surface area contributed by atoms with Crippen LogP contribution in [0.5, 0.6) is 0 Å². The first-order valence-electron chi connectivity index (χ1n) is 7.79. The van der Waals surface area contributed by atoms with Crippen molar-refractivity contribution in [3.05, 3.63) is 53.0 Å². The third kappa shape index (κ3) is 2.50. The van der Waals surface area contributed by atoms with Crippen molar-refractivity contribution in [3.8, 4) is 5.69 Å². The number of rotatable bonds is 4. The van der Waals surface area contributed by atoms with Gasteiger partial charge in [-0.3, -0.25) is 4.57 Å². The maximum atomic E-state index is 5.62. The molecule has 0 bridgehead atoms. The highest BCUT2D eigenvalue weighted by atomic mass is 15.1. The van der Waals surface area contributed by atoms with E-state index in [4.69, 9.17) is 15.7 Å². The van der Waals surface area contributed by atoms with Crippen LogP contribution in [0.25, 0.3) is 16.9 Å². The number of aromatic nitrogens is 3. The van der Waals surface area contributed by atoms with Crippen LogP contribution in [-0.4, -0.2) is 21.1 Å². The van der Waals surface area contributed by atoms with E-state index in [-0.39, 0.29) is 0 Å². The summed E-state index contributed by atoms with van der Waals surface area (Å²) in [5.74, 6) is 1.04. The highest BCUT2D eigenvalue weighted by Gasteiger charge is 2.13. The molecule has 0 atom stereocenters. The second-order valence-corrected chi connectivity index (χ2v) is 5.66. The molecule has 0 spiro atoms. The molecule has 0 aliphatic carbocycles. The van der Waals surface area contributed by atoms with Gasteiger partial charge in [0.25, 0.3) is 0 Å². The number of nitrogens with zero attached hydrogens (tertiary/aromatic N) is 3. The minimum absolute atomic E-state index is 0.674. The van der Waals surface area contributed by atoms with Gasteiger partial charge >= 0.3 is 0 Å². The molecule has 0 saturated carbocycles. The van der Waals surface area contributed by atoms with Gasteiger partial charge in [-0.15, -0.1) is 0 Å². The average molecular weight is 294 g/mol. The Kier molecular flexibility index (Phi) is 3.94. The highest BCUT2D eigenvalue weighted by Crippen LogP contribution is 2.23. The molecule has 0 unspecified atom stereocenters. The lowest BCUT2D eigenvalue weighted by molar-refractivity contribution is 0.897. The summed E-state index contributed by atoms with van der Waals surface area (Å²) in [4.78, 5) is 9.51. The van der Waals surface area contributed by atoms with Crippen molar-refractivity contribution < 1.29 is 0 Å². The minimum Gasteiger partial charge on any atom is -0.330 e. The lowest BCUT2D eigenvalue weighted by Crippen LogP contribution is -2.04. The Morgan fingerprint density at radius 2 is 1.82 bits per heavy atom. The average Bonchev–Trinajstić information content (AvgIpc) is 2.86. The van der Waals surface area contributed by atoms with Gasteiger partial charge in [0.1, 0.15) is 11.3 Å². The molecule has 3 aromatic rings. The Balaban J connectivity index is 2.17. The SMILES string of the molecule is CCc1nc2cc(C)c(C)nc2n1-c1ccc(CCN)cc1. The standard InChI is InChI=1S/C18H22N4/c1-4-17-21-16-11-12(2)13(3)20-18(16)22(17)15-7-5-14(6-8-15)9-10-19/h5-8,11H,4,9-10,19H2,1-3H3. The molecule has 0 radical (unpaired) electrons. The Bertz CT molecular complexity index is 800. The second kappa shape index (κ2) is 5.89. The van der Waals surface area contributed by atoms with Crippen molar-refractivity contribution in [3.63, 3.8) is 0 Å². The van der Waals surface area contributed by atoms with E-state index in [0.717, 1.165) is 41.2 Å². The number of benzene rings is 1. The molecule has 2 aromatic heterocycles. The van der Waals surface area contributed by atoms with E-state index in [1.807, 2.05) is 6.92 Å². The Morgan fingerprint density at radius 1 is 1.09 bits per heavy atom. The molecule has 1 aromatic carbocycles. The fourth-order valence-electron chi connectivity index (χ4n) is 2.72. The van der Waals surface area contributed by atoms with Crippen LogP contribution in [0.4, 0.5) is 0 Å². The van der Waals surface area contributed by atoms with Gasteiger partial charge in [0, 0.05) is 17.8 Å². The predicted molar refractivity (Wildman–Crippen MR) is 90.5 cm³/mol. The van der Waals surface area contributed by atoms with Gasteiger partial charge in [-0.25, -0.2) is 9.97 Å². The summed E-state index contributed by atoms with van der Waals surface area (Å²) in [6, 6.07) is 10.6. The van der Waals surface area contributed by atoms with Crippen LogP contribution in [0.15, 0.2) is 30.3 Å². The molecular weight excluding hydrogens is 272 g/mol. The van der Waals surface area contributed by atoms with Crippen molar-refractivity contribution in [1.29, 1.82) is 0 Å². The topological polar surface area (TPSA) is 56.7 Å². The highest BCUT2D eigenvalue weighted by molar-refractivity contribution is 5.75. The van der Waals surface area contributed by atoms with E-state index < -0.39 is 0 Å². The molecule has 2 heterocycles. The summed E-state index contributed by atoms with van der Waals surface area (Å²) in [6.45, 7) is 6.92. The largest absolute Gasteiger partial charge is 0.330 e. The Morgan fingerprint density at radius 3 is 2.45 bits per heavy atom. The molecule has 0 amide bonds. The van der Waals surface area contributed by atoms with E-state index in [0.29, 0.717) is 6.54 Å². The van der Waals surface area contributed by atoms with E-state index >= 15 is 0 Å². The Hall–Kier alpha value is -2.20. The minimum atomic E-state index is 0.674. The molecule has 4 nitrogen and oxygen atoms in total. The normalized spacial score (nSPS) is 11.3. The van der Waals surface area contributed by atoms with Gasteiger partial charge in [0.05, 0.1) is 0 Å². The van der Waals surface area contributed by atoms with Crippen LogP contribution in [0, 0.1) is 13.8 Å². The van der Waals surface area contributed by atoms with Crippen molar-refractivity contribution in [1.82, 2.24) is 14.5 Å². The summed E-state index contributed by atoms with van der Waals surface area (Å²) in [6.07, 6.45) is 1.78. The smallest absolute Gasteiger partial charge is 0.164 e. The number of imidazole rings is 1. The maximum Gasteiger partial charge on any atom is 0.164 e. The van der Waals surface area contributed by atoms with Gasteiger partial charge < -0.3 is 5.73 Å². The quantitative estimate of drug-likeness (QED) is 0.804. The maximum absolute atomic E-state index is 5.62. The summed E-state index contributed by atoms with van der Waals surface area (Å²) in [5.41, 5.74) is 12.1. The number of hydrogen-bond donors (Lipinski definition) is 1. The monoisotopic (exact) mass is 294 g/mol. The second-order valence-electron chi connectivity index (χ2n) is 5.66. The number of fused-ring (bicyclic) bond motifs is 1. The summed E-state index contributed by atoms with van der Waals surface area (Å²) in [5, 5.41) is 0. The van der Waals surface area contributed by atoms with Gasteiger partial charge in [-0.05, 0) is 56.1 Å². The molecule has 2 N–H and O–H groups in total. The summed E-state index contributed by atoms with van der Waals surface area (Å²) >= 11 is 0. The molecule has 0 aliphatic heterocycles. The number of pyridine rings is 1. The van der Waals surface area contributed by atoms with Gasteiger partial charge in [0.15, 0.2) is 5.65 Å². The lowest BCUT2D eigenvalue weighted by atomic mass is 10.1. The molecule has 0 saturated heterocycles. The van der Waals surface area contributed by atoms with Gasteiger partial charge in [-0.1, -0.05) is 19.1 Å². The van der Waals surface area contributed by atoms with E-state index in [2.05, 4.69) is 48.7 Å². The molecule has 22 heavy (non-hydrogen) atoms. The van der Waals surface area contributed by atoms with Crippen LogP contribution in [0.2, 0.25) is 0 Å². The van der Waals surface area contributed by atoms with E-state index in [1.165, 1.54) is 11.1 Å². The van der Waals surface area contributed by atoms with Crippen molar-refractivity contribution in [2.45, 2.75) is 33.6 Å².